The number of hydrogen-bond acceptors (Lipinski definition) is 7. The number of primary amides is 1. The highest BCUT2D eigenvalue weighted by Gasteiger charge is 2.09. The number of aromatic nitrogens is 5. The van der Waals surface area contributed by atoms with Crippen LogP contribution in [0.25, 0.3) is 5.95 Å². The molecule has 94 valence electrons. The molecule has 0 aliphatic carbocycles. The zero-order valence-electron chi connectivity index (χ0n) is 9.57. The average Bonchev–Trinajstić information content (AvgIpc) is 2.89. The molecule has 2 rings (SSSR count). The van der Waals surface area contributed by atoms with Crippen LogP contribution in [0.3, 0.4) is 0 Å². The zero-order chi connectivity index (χ0) is 13.0. The zero-order valence-corrected chi connectivity index (χ0v) is 10.4. The molecule has 0 aliphatic heterocycles. The number of thioether (sulfide) groups is 1. The van der Waals surface area contributed by atoms with Crippen molar-refractivity contribution in [3.05, 3.63) is 18.5 Å². The minimum absolute atomic E-state index is 0.117. The fraction of sp³-hybridized carbons (Fsp3) is 0.222. The van der Waals surface area contributed by atoms with Gasteiger partial charge in [0.1, 0.15) is 0 Å². The van der Waals surface area contributed by atoms with Crippen molar-refractivity contribution >= 4 is 23.6 Å². The lowest BCUT2D eigenvalue weighted by Gasteiger charge is -2.05. The maximum Gasteiger partial charge on any atom is 0.256 e. The minimum Gasteiger partial charge on any atom is -0.369 e. The van der Waals surface area contributed by atoms with Crippen molar-refractivity contribution in [3.63, 3.8) is 0 Å². The molecule has 2 aromatic rings. The number of rotatable bonds is 5. The molecule has 0 saturated heterocycles. The molecule has 9 heteroatoms. The second-order valence-corrected chi connectivity index (χ2v) is 4.14. The van der Waals surface area contributed by atoms with Crippen LogP contribution in [-0.4, -0.2) is 43.4 Å². The summed E-state index contributed by atoms with van der Waals surface area (Å²) in [5.41, 5.74) is 5.08. The molecule has 0 radical (unpaired) electrons. The van der Waals surface area contributed by atoms with E-state index < -0.39 is 5.91 Å². The molecule has 3 N–H and O–H groups in total. The number of nitrogens with zero attached hydrogens (tertiary/aromatic N) is 5. The molecule has 2 aromatic heterocycles. The largest absolute Gasteiger partial charge is 0.369 e. The van der Waals surface area contributed by atoms with Gasteiger partial charge >= 0.3 is 0 Å². The van der Waals surface area contributed by atoms with E-state index in [1.165, 1.54) is 4.68 Å². The summed E-state index contributed by atoms with van der Waals surface area (Å²) in [7, 11) is 1.70. The van der Waals surface area contributed by atoms with Gasteiger partial charge in [0.25, 0.3) is 5.95 Å². The van der Waals surface area contributed by atoms with E-state index in [0.29, 0.717) is 17.1 Å². The fourth-order valence-electron chi connectivity index (χ4n) is 1.15. The first-order valence-corrected chi connectivity index (χ1v) is 6.02. The lowest BCUT2D eigenvalue weighted by atomic mass is 10.7. The Morgan fingerprint density at radius 1 is 1.50 bits per heavy atom. The van der Waals surface area contributed by atoms with Crippen LogP contribution in [0.2, 0.25) is 0 Å². The van der Waals surface area contributed by atoms with Crippen LogP contribution < -0.4 is 11.1 Å². The Hall–Kier alpha value is -2.16. The van der Waals surface area contributed by atoms with Crippen LogP contribution in [0.15, 0.2) is 23.6 Å². The molecule has 0 aromatic carbocycles. The maximum atomic E-state index is 10.7. The van der Waals surface area contributed by atoms with Crippen molar-refractivity contribution in [2.75, 3.05) is 18.1 Å². The van der Waals surface area contributed by atoms with Crippen LogP contribution in [0.5, 0.6) is 0 Å². The molecular weight excluding hydrogens is 254 g/mol. The first kappa shape index (κ1) is 12.3. The third-order valence-electron chi connectivity index (χ3n) is 1.88. The Morgan fingerprint density at radius 2 is 2.33 bits per heavy atom. The van der Waals surface area contributed by atoms with Crippen molar-refractivity contribution in [2.24, 2.45) is 5.73 Å². The molecular formula is C9H11N7OS. The summed E-state index contributed by atoms with van der Waals surface area (Å²) >= 11 is 1.15. The van der Waals surface area contributed by atoms with E-state index in [-0.39, 0.29) is 5.75 Å². The summed E-state index contributed by atoms with van der Waals surface area (Å²) in [6.07, 6.45) is 3.34. The highest BCUT2D eigenvalue weighted by molar-refractivity contribution is 7.99. The van der Waals surface area contributed by atoms with Gasteiger partial charge in [0, 0.05) is 19.4 Å². The van der Waals surface area contributed by atoms with E-state index in [1.807, 2.05) is 0 Å². The number of hydrogen-bond donors (Lipinski definition) is 2. The molecule has 0 unspecified atom stereocenters. The Morgan fingerprint density at radius 3 is 2.94 bits per heavy atom. The normalized spacial score (nSPS) is 10.3. The van der Waals surface area contributed by atoms with Gasteiger partial charge in [-0.05, 0) is 6.07 Å². The average molecular weight is 265 g/mol. The molecule has 0 fully saturated rings. The van der Waals surface area contributed by atoms with Crippen LogP contribution in [0.1, 0.15) is 0 Å². The number of carbonyl (C=O) groups is 1. The highest BCUT2D eigenvalue weighted by atomic mass is 32.2. The van der Waals surface area contributed by atoms with Crippen LogP contribution in [0.4, 0.5) is 5.95 Å². The SMILES string of the molecule is CNc1nc(SCC(N)=O)nc(-n2cccn2)n1. The summed E-state index contributed by atoms with van der Waals surface area (Å²) in [6, 6.07) is 1.76. The van der Waals surface area contributed by atoms with Crippen molar-refractivity contribution in [3.8, 4) is 5.95 Å². The molecule has 0 atom stereocenters. The second-order valence-electron chi connectivity index (χ2n) is 3.20. The predicted octanol–water partition coefficient (Wildman–Crippen LogP) is -0.324. The third-order valence-corrected chi connectivity index (χ3v) is 2.75. The number of nitrogens with two attached hydrogens (primary N) is 1. The first-order valence-electron chi connectivity index (χ1n) is 5.04. The lowest BCUT2D eigenvalue weighted by Crippen LogP contribution is -2.14. The second kappa shape index (κ2) is 5.45. The number of nitrogens with one attached hydrogen (secondary N) is 1. The minimum atomic E-state index is -0.424. The molecule has 18 heavy (non-hydrogen) atoms. The van der Waals surface area contributed by atoms with Gasteiger partial charge in [0.05, 0.1) is 5.75 Å². The van der Waals surface area contributed by atoms with Gasteiger partial charge in [-0.3, -0.25) is 4.79 Å². The van der Waals surface area contributed by atoms with Crippen molar-refractivity contribution in [1.82, 2.24) is 24.7 Å². The summed E-state index contributed by atoms with van der Waals surface area (Å²) in [6.45, 7) is 0. The Kier molecular flexibility index (Phi) is 3.72. The monoisotopic (exact) mass is 265 g/mol. The summed E-state index contributed by atoms with van der Waals surface area (Å²) < 4.78 is 1.51. The van der Waals surface area contributed by atoms with E-state index in [2.05, 4.69) is 25.4 Å². The van der Waals surface area contributed by atoms with E-state index in [9.17, 15) is 4.79 Å². The molecule has 2 heterocycles. The molecule has 8 nitrogen and oxygen atoms in total. The smallest absolute Gasteiger partial charge is 0.256 e. The van der Waals surface area contributed by atoms with E-state index >= 15 is 0 Å². The van der Waals surface area contributed by atoms with Gasteiger partial charge in [0.2, 0.25) is 11.9 Å². The Labute approximate surface area is 107 Å². The quantitative estimate of drug-likeness (QED) is 0.712. The molecule has 0 bridgehead atoms. The topological polar surface area (TPSA) is 112 Å². The van der Waals surface area contributed by atoms with Gasteiger partial charge in [-0.25, -0.2) is 4.68 Å². The van der Waals surface area contributed by atoms with Crippen molar-refractivity contribution in [1.29, 1.82) is 0 Å². The van der Waals surface area contributed by atoms with Gasteiger partial charge < -0.3 is 11.1 Å². The maximum absolute atomic E-state index is 10.7. The predicted molar refractivity (Wildman–Crippen MR) is 66.4 cm³/mol. The first-order chi connectivity index (χ1) is 8.69. The van der Waals surface area contributed by atoms with Crippen LogP contribution in [-0.2, 0) is 4.79 Å². The Bertz CT molecular complexity index is 542. The molecule has 0 aliphatic rings. The van der Waals surface area contributed by atoms with Gasteiger partial charge in [-0.15, -0.1) is 0 Å². The Balaban J connectivity index is 2.30. The highest BCUT2D eigenvalue weighted by Crippen LogP contribution is 2.15. The standard InChI is InChI=1S/C9H11N7OS/c1-11-7-13-8(16-4-2-3-12-16)15-9(14-7)18-5-6(10)17/h2-4H,5H2,1H3,(H2,10,17)(H,11,13,14,15). The van der Waals surface area contributed by atoms with Crippen LogP contribution in [0, 0.1) is 0 Å². The number of anilines is 1. The molecule has 0 saturated carbocycles. The summed E-state index contributed by atoms with van der Waals surface area (Å²) in [5.74, 6) is 0.479. The summed E-state index contributed by atoms with van der Waals surface area (Å²) in [4.78, 5) is 23.2. The van der Waals surface area contributed by atoms with E-state index in [4.69, 9.17) is 5.73 Å². The fourth-order valence-corrected chi connectivity index (χ4v) is 1.72. The van der Waals surface area contributed by atoms with Crippen molar-refractivity contribution in [2.45, 2.75) is 5.16 Å². The number of carbonyl (C=O) groups excluding carboxylic acids is 1. The van der Waals surface area contributed by atoms with E-state index in [1.54, 1.807) is 25.5 Å². The number of amides is 1. The molecule has 1 amide bonds. The van der Waals surface area contributed by atoms with Crippen LogP contribution >= 0.6 is 11.8 Å². The van der Waals surface area contributed by atoms with Gasteiger partial charge in [-0.2, -0.15) is 20.1 Å². The van der Waals surface area contributed by atoms with Gasteiger partial charge in [0.15, 0.2) is 5.16 Å². The molecule has 0 spiro atoms. The van der Waals surface area contributed by atoms with E-state index in [0.717, 1.165) is 11.8 Å². The lowest BCUT2D eigenvalue weighted by molar-refractivity contribution is -0.115. The van der Waals surface area contributed by atoms with Gasteiger partial charge in [-0.1, -0.05) is 11.8 Å². The summed E-state index contributed by atoms with van der Waals surface area (Å²) in [5, 5.41) is 7.27. The third kappa shape index (κ3) is 2.94. The van der Waals surface area contributed by atoms with Crippen molar-refractivity contribution < 1.29 is 4.79 Å².